The van der Waals surface area contributed by atoms with E-state index in [1.807, 2.05) is 0 Å². The van der Waals surface area contributed by atoms with Crippen LogP contribution in [0, 0.1) is 0 Å². The maximum absolute atomic E-state index is 13.1. The van der Waals surface area contributed by atoms with Crippen molar-refractivity contribution in [2.45, 2.75) is 19.6 Å². The number of fused-ring (bicyclic) bond motifs is 2. The third-order valence-corrected chi connectivity index (χ3v) is 13.0. The molecule has 0 bridgehead atoms. The van der Waals surface area contributed by atoms with Gasteiger partial charge in [-0.1, -0.05) is 48.5 Å². The van der Waals surface area contributed by atoms with E-state index in [-0.39, 0.29) is 32.7 Å². The Morgan fingerprint density at radius 1 is 0.444 bits per heavy atom. The molecule has 0 atom stereocenters. The van der Waals surface area contributed by atoms with Gasteiger partial charge in [-0.05, 0) is 33.7 Å². The van der Waals surface area contributed by atoms with Gasteiger partial charge in [0.1, 0.15) is 9.79 Å². The second kappa shape index (κ2) is 9.39. The van der Waals surface area contributed by atoms with Gasteiger partial charge in [-0.25, -0.2) is 33.7 Å². The first-order chi connectivity index (χ1) is 16.4. The maximum atomic E-state index is 13.1. The van der Waals surface area contributed by atoms with Gasteiger partial charge in [0, 0.05) is 11.1 Å². The Balaban J connectivity index is 2.55. The van der Waals surface area contributed by atoms with Gasteiger partial charge < -0.3 is 0 Å². The first-order valence-corrected chi connectivity index (χ1v) is 22.6. The molecule has 4 rings (SSSR count). The van der Waals surface area contributed by atoms with E-state index in [4.69, 9.17) is 0 Å². The molecule has 0 fully saturated rings. The van der Waals surface area contributed by atoms with Crippen LogP contribution in [0.5, 0.6) is 0 Å². The van der Waals surface area contributed by atoms with E-state index in [9.17, 15) is 33.7 Å². The minimum absolute atomic E-state index is 0.169. The van der Waals surface area contributed by atoms with Crippen molar-refractivity contribution in [1.82, 2.24) is 0 Å². The minimum Gasteiger partial charge on any atom is -0.212 e. The Kier molecular flexibility index (Phi) is 7.34. The van der Waals surface area contributed by atoms with E-state index in [0.29, 0.717) is 0 Å². The molecule has 0 aliphatic rings. The fraction of sp³-hybridized carbons (Fsp3) is 0. The summed E-state index contributed by atoms with van der Waals surface area (Å²) in [6.07, 6.45) is 0. The summed E-state index contributed by atoms with van der Waals surface area (Å²) in [6, 6.07) is 14.5. The molecule has 0 radical (unpaired) electrons. The molecule has 0 saturated heterocycles. The summed E-state index contributed by atoms with van der Waals surface area (Å²) < 4.78 is 103. The van der Waals surface area contributed by atoms with E-state index >= 15 is 0 Å². The van der Waals surface area contributed by atoms with Crippen molar-refractivity contribution in [3.63, 3.8) is 0 Å². The van der Waals surface area contributed by atoms with E-state index < -0.39 is 52.7 Å². The zero-order valence-corrected chi connectivity index (χ0v) is 26.8. The maximum Gasteiger partial charge on any atom is 0.239 e. The van der Waals surface area contributed by atoms with Crippen LogP contribution in [0.15, 0.2) is 80.2 Å². The largest absolute Gasteiger partial charge is 0.239 e. The molecule has 4 aromatic carbocycles. The molecule has 0 aromatic heterocycles. The van der Waals surface area contributed by atoms with Gasteiger partial charge in [-0.3, -0.25) is 0 Å². The minimum atomic E-state index is -4.53. The number of halogens is 4. The van der Waals surface area contributed by atoms with Crippen LogP contribution in [0.4, 0.5) is 0 Å². The van der Waals surface area contributed by atoms with Crippen LogP contribution in [0.3, 0.4) is 0 Å². The molecular formula is C20H10Br4O8S4. The molecule has 0 amide bonds. The third kappa shape index (κ3) is 5.19. The third-order valence-electron chi connectivity index (χ3n) is 5.20. The van der Waals surface area contributed by atoms with Crippen LogP contribution in [-0.2, 0) is 33.1 Å². The Bertz CT molecular complexity index is 1890. The molecule has 0 saturated carbocycles. The molecule has 8 nitrogen and oxygen atoms in total. The van der Waals surface area contributed by atoms with Crippen LogP contribution in [0.1, 0.15) is 0 Å². The number of rotatable bonds is 5. The average molecular weight is 826 g/mol. The Labute approximate surface area is 236 Å². The molecule has 190 valence electrons. The molecule has 0 N–H and O–H groups in total. The monoisotopic (exact) mass is 822 g/mol. The average Bonchev–Trinajstić information content (AvgIpc) is 2.74. The van der Waals surface area contributed by atoms with Crippen molar-refractivity contribution in [1.29, 1.82) is 0 Å². The second-order valence-electron chi connectivity index (χ2n) is 7.35. The zero-order valence-electron chi connectivity index (χ0n) is 17.2. The van der Waals surface area contributed by atoms with Gasteiger partial charge in [0.05, 0.1) is 69.0 Å². The van der Waals surface area contributed by atoms with Crippen molar-refractivity contribution in [3.05, 3.63) is 60.7 Å². The Hall–Kier alpha value is -0.880. The molecule has 0 spiro atoms. The molecule has 0 heterocycles. The molecule has 0 aliphatic carbocycles. The standard InChI is InChI=1S/C20H10Br4O8S4/c21-33(25,26)15-9-11-5-1-3-7-13(11)17(19(15)35(23,29)30)18-14-8-4-2-6-12(14)10-16(34(22,27)28)20(18)36(24,31)32/h1-10H. The summed E-state index contributed by atoms with van der Waals surface area (Å²) in [5.41, 5.74) is -0.620. The first kappa shape index (κ1) is 28.1. The van der Waals surface area contributed by atoms with Crippen molar-refractivity contribution < 1.29 is 33.7 Å². The summed E-state index contributed by atoms with van der Waals surface area (Å²) >= 11 is 10.2. The first-order valence-electron chi connectivity index (χ1n) is 9.33. The summed E-state index contributed by atoms with van der Waals surface area (Å²) in [5.74, 6) is 0. The van der Waals surface area contributed by atoms with Crippen LogP contribution in [0.2, 0.25) is 0 Å². The molecule has 4 aromatic rings. The topological polar surface area (TPSA) is 137 Å². The predicted molar refractivity (Wildman–Crippen MR) is 151 cm³/mol. The van der Waals surface area contributed by atoms with E-state index in [2.05, 4.69) is 59.3 Å². The summed E-state index contributed by atoms with van der Waals surface area (Å²) in [7, 11) is -17.8. The van der Waals surface area contributed by atoms with E-state index in [0.717, 1.165) is 12.1 Å². The van der Waals surface area contributed by atoms with Crippen molar-refractivity contribution in [2.75, 3.05) is 0 Å². The van der Waals surface area contributed by atoms with Gasteiger partial charge in [-0.15, -0.1) is 0 Å². The summed E-state index contributed by atoms with van der Waals surface area (Å²) in [4.78, 5) is -2.85. The van der Waals surface area contributed by atoms with Crippen molar-refractivity contribution in [3.8, 4) is 11.1 Å². The zero-order chi connectivity index (χ0) is 26.8. The highest BCUT2D eigenvalue weighted by Crippen LogP contribution is 2.49. The lowest BCUT2D eigenvalue weighted by molar-refractivity contribution is 0.599. The SMILES string of the molecule is O=S(=O)(Br)c1cc2ccccc2c(-c2c(S(=O)(=O)Br)c(S(=O)(=O)Br)cc3ccccc23)c1S(=O)(=O)Br. The molecule has 16 heteroatoms. The predicted octanol–water partition coefficient (Wildman–Crippen LogP) is 5.99. The molecule has 36 heavy (non-hydrogen) atoms. The normalized spacial score (nSPS) is 13.3. The molecule has 0 unspecified atom stereocenters. The van der Waals surface area contributed by atoms with Crippen LogP contribution in [0.25, 0.3) is 32.7 Å². The number of benzene rings is 4. The summed E-state index contributed by atoms with van der Waals surface area (Å²) in [5, 5.41) is 0.864. The van der Waals surface area contributed by atoms with Crippen molar-refractivity contribution in [2.24, 2.45) is 0 Å². The smallest absolute Gasteiger partial charge is 0.212 e. The highest BCUT2D eigenvalue weighted by atomic mass is 79.9. The highest BCUT2D eigenvalue weighted by molar-refractivity contribution is 9.48. The van der Waals surface area contributed by atoms with Gasteiger partial charge >= 0.3 is 0 Å². The van der Waals surface area contributed by atoms with Gasteiger partial charge in [0.15, 0.2) is 0 Å². The lowest BCUT2D eigenvalue weighted by Gasteiger charge is -2.20. The van der Waals surface area contributed by atoms with Gasteiger partial charge in [0.2, 0.25) is 33.1 Å². The number of hydrogen-bond acceptors (Lipinski definition) is 8. The van der Waals surface area contributed by atoms with Crippen LogP contribution < -0.4 is 0 Å². The van der Waals surface area contributed by atoms with E-state index in [1.165, 1.54) is 24.3 Å². The lowest BCUT2D eigenvalue weighted by Crippen LogP contribution is -2.09. The van der Waals surface area contributed by atoms with Crippen LogP contribution >= 0.6 is 59.3 Å². The van der Waals surface area contributed by atoms with E-state index in [1.54, 1.807) is 24.3 Å². The summed E-state index contributed by atoms with van der Waals surface area (Å²) in [6.45, 7) is 0. The fourth-order valence-electron chi connectivity index (χ4n) is 3.95. The highest BCUT2D eigenvalue weighted by Gasteiger charge is 2.35. The Morgan fingerprint density at radius 3 is 1.03 bits per heavy atom. The van der Waals surface area contributed by atoms with Crippen LogP contribution in [-0.4, -0.2) is 33.7 Å². The van der Waals surface area contributed by atoms with Gasteiger partial charge in [0.25, 0.3) is 0 Å². The van der Waals surface area contributed by atoms with Gasteiger partial charge in [-0.2, -0.15) is 0 Å². The van der Waals surface area contributed by atoms with Crippen molar-refractivity contribution >= 4 is 114 Å². The molecular weight excluding hydrogens is 816 g/mol. The second-order valence-corrected chi connectivity index (χ2v) is 22.8. The molecule has 0 aliphatic heterocycles. The fourth-order valence-corrected chi connectivity index (χ4v) is 12.8. The lowest BCUT2D eigenvalue weighted by atomic mass is 9.93. The Morgan fingerprint density at radius 2 is 0.750 bits per heavy atom. The number of hydrogen-bond donors (Lipinski definition) is 0. The quantitative estimate of drug-likeness (QED) is 0.224.